The number of thioether (sulfide) groups is 1. The first-order chi connectivity index (χ1) is 4.22. The molecule has 52 valence electrons. The Balaban J connectivity index is 2.49. The quantitative estimate of drug-likeness (QED) is 0.601. The third-order valence-corrected chi connectivity index (χ3v) is 3.04. The topological polar surface area (TPSA) is 37.3 Å². The minimum atomic E-state index is -0.632. The van der Waals surface area contributed by atoms with Crippen LogP contribution in [0, 0.1) is 11.8 Å². The minimum absolute atomic E-state index is 0.0880. The number of carboxylic acid groups (broad SMARTS) is 1. The molecule has 2 atom stereocenters. The summed E-state index contributed by atoms with van der Waals surface area (Å²) in [5, 5.41) is 8.57. The van der Waals surface area contributed by atoms with Crippen LogP contribution >= 0.6 is 11.8 Å². The van der Waals surface area contributed by atoms with Gasteiger partial charge in [-0.2, -0.15) is 11.8 Å². The summed E-state index contributed by atoms with van der Waals surface area (Å²) in [6, 6.07) is 0. The molecule has 1 fully saturated rings. The van der Waals surface area contributed by atoms with E-state index < -0.39 is 5.97 Å². The Kier molecular flexibility index (Phi) is 2.01. The van der Waals surface area contributed by atoms with E-state index in [9.17, 15) is 4.79 Å². The molecule has 0 radical (unpaired) electrons. The van der Waals surface area contributed by atoms with E-state index in [0.717, 1.165) is 11.5 Å². The lowest BCUT2D eigenvalue weighted by Crippen LogP contribution is -2.19. The zero-order valence-electron chi connectivity index (χ0n) is 5.33. The van der Waals surface area contributed by atoms with Crippen LogP contribution in [0.1, 0.15) is 6.92 Å². The lowest BCUT2D eigenvalue weighted by Gasteiger charge is -2.06. The highest BCUT2D eigenvalue weighted by atomic mass is 32.2. The van der Waals surface area contributed by atoms with E-state index in [1.165, 1.54) is 0 Å². The van der Waals surface area contributed by atoms with Crippen molar-refractivity contribution in [3.8, 4) is 0 Å². The Bertz CT molecular complexity index is 124. The van der Waals surface area contributed by atoms with Gasteiger partial charge in [0.05, 0.1) is 5.92 Å². The molecule has 1 saturated heterocycles. The van der Waals surface area contributed by atoms with Crippen molar-refractivity contribution >= 4 is 17.7 Å². The van der Waals surface area contributed by atoms with Crippen LogP contribution in [0.2, 0.25) is 0 Å². The third-order valence-electron chi connectivity index (χ3n) is 1.68. The molecule has 3 heteroatoms. The van der Waals surface area contributed by atoms with Crippen molar-refractivity contribution < 1.29 is 9.90 Å². The van der Waals surface area contributed by atoms with Crippen molar-refractivity contribution in [2.45, 2.75) is 6.92 Å². The molecule has 2 unspecified atom stereocenters. The first-order valence-electron chi connectivity index (χ1n) is 3.02. The average Bonchev–Trinajstić information content (AvgIpc) is 2.13. The van der Waals surface area contributed by atoms with Crippen LogP contribution in [0.4, 0.5) is 0 Å². The van der Waals surface area contributed by atoms with Crippen LogP contribution in [0.25, 0.3) is 0 Å². The van der Waals surface area contributed by atoms with Gasteiger partial charge in [0.2, 0.25) is 0 Å². The molecule has 0 aromatic rings. The van der Waals surface area contributed by atoms with Gasteiger partial charge in [0.25, 0.3) is 0 Å². The van der Waals surface area contributed by atoms with Gasteiger partial charge in [0.15, 0.2) is 0 Å². The molecule has 1 aliphatic heterocycles. The molecule has 0 amide bonds. The predicted octanol–water partition coefficient (Wildman–Crippen LogP) is 1.07. The molecule has 0 aromatic carbocycles. The third kappa shape index (κ3) is 1.39. The van der Waals surface area contributed by atoms with Gasteiger partial charge in [0, 0.05) is 5.75 Å². The second kappa shape index (κ2) is 2.60. The van der Waals surface area contributed by atoms with Gasteiger partial charge < -0.3 is 5.11 Å². The van der Waals surface area contributed by atoms with Gasteiger partial charge in [-0.3, -0.25) is 4.79 Å². The van der Waals surface area contributed by atoms with Crippen LogP contribution in [-0.2, 0) is 4.79 Å². The lowest BCUT2D eigenvalue weighted by molar-refractivity contribution is -0.141. The number of aliphatic carboxylic acids is 1. The van der Waals surface area contributed by atoms with Gasteiger partial charge in [-0.1, -0.05) is 6.92 Å². The van der Waals surface area contributed by atoms with Crippen molar-refractivity contribution in [3.05, 3.63) is 0 Å². The van der Waals surface area contributed by atoms with Gasteiger partial charge >= 0.3 is 5.97 Å². The largest absolute Gasteiger partial charge is 0.481 e. The number of carbonyl (C=O) groups is 1. The predicted molar refractivity (Wildman–Crippen MR) is 37.6 cm³/mol. The summed E-state index contributed by atoms with van der Waals surface area (Å²) < 4.78 is 0. The highest BCUT2D eigenvalue weighted by molar-refractivity contribution is 7.99. The maximum atomic E-state index is 10.4. The second-order valence-electron chi connectivity index (χ2n) is 2.46. The molecule has 1 N–H and O–H groups in total. The Morgan fingerprint density at radius 1 is 1.67 bits per heavy atom. The molecule has 0 bridgehead atoms. The summed E-state index contributed by atoms with van der Waals surface area (Å²) in [4.78, 5) is 10.4. The van der Waals surface area contributed by atoms with Gasteiger partial charge in [-0.15, -0.1) is 0 Å². The fourth-order valence-electron chi connectivity index (χ4n) is 0.976. The van der Waals surface area contributed by atoms with E-state index in [0.29, 0.717) is 5.92 Å². The van der Waals surface area contributed by atoms with E-state index in [4.69, 9.17) is 5.11 Å². The van der Waals surface area contributed by atoms with Gasteiger partial charge in [0.1, 0.15) is 0 Å². The van der Waals surface area contributed by atoms with Crippen molar-refractivity contribution in [2.24, 2.45) is 11.8 Å². The molecule has 0 spiro atoms. The molecule has 1 aliphatic rings. The fraction of sp³-hybridized carbons (Fsp3) is 0.833. The van der Waals surface area contributed by atoms with Crippen LogP contribution in [-0.4, -0.2) is 22.6 Å². The molecule has 0 aromatic heterocycles. The van der Waals surface area contributed by atoms with E-state index in [-0.39, 0.29) is 5.92 Å². The molecule has 2 nitrogen and oxygen atoms in total. The first kappa shape index (κ1) is 6.93. The summed E-state index contributed by atoms with van der Waals surface area (Å²) in [7, 11) is 0. The van der Waals surface area contributed by atoms with Crippen molar-refractivity contribution in [1.82, 2.24) is 0 Å². The zero-order valence-corrected chi connectivity index (χ0v) is 6.15. The van der Waals surface area contributed by atoms with Crippen LogP contribution in [0.3, 0.4) is 0 Å². The number of hydrogen-bond acceptors (Lipinski definition) is 2. The lowest BCUT2D eigenvalue weighted by atomic mass is 9.99. The summed E-state index contributed by atoms with van der Waals surface area (Å²) in [6.45, 7) is 2.00. The fourth-order valence-corrected chi connectivity index (χ4v) is 2.44. The molecule has 1 heterocycles. The summed E-state index contributed by atoms with van der Waals surface area (Å²) in [6.07, 6.45) is 0. The molecular formula is C6H10O2S. The highest BCUT2D eigenvalue weighted by Crippen LogP contribution is 2.29. The monoisotopic (exact) mass is 146 g/mol. The van der Waals surface area contributed by atoms with E-state index in [2.05, 4.69) is 0 Å². The number of carboxylic acids is 1. The normalized spacial score (nSPS) is 34.8. The van der Waals surface area contributed by atoms with Crippen molar-refractivity contribution in [3.63, 3.8) is 0 Å². The Hall–Kier alpha value is -0.180. The molecular weight excluding hydrogens is 136 g/mol. The first-order valence-corrected chi connectivity index (χ1v) is 4.18. The van der Waals surface area contributed by atoms with E-state index in [1.54, 1.807) is 11.8 Å². The molecule has 9 heavy (non-hydrogen) atoms. The van der Waals surface area contributed by atoms with Crippen molar-refractivity contribution in [1.29, 1.82) is 0 Å². The smallest absolute Gasteiger partial charge is 0.307 e. The highest BCUT2D eigenvalue weighted by Gasteiger charge is 2.29. The standard InChI is InChI=1S/C6H10O2S/c1-4-2-9-3-5(4)6(7)8/h4-5H,2-3H2,1H3,(H,7,8). The summed E-state index contributed by atoms with van der Waals surface area (Å²) in [5.41, 5.74) is 0. The Labute approximate surface area is 58.6 Å². The van der Waals surface area contributed by atoms with Gasteiger partial charge in [-0.25, -0.2) is 0 Å². The van der Waals surface area contributed by atoms with Crippen molar-refractivity contribution in [2.75, 3.05) is 11.5 Å². The number of rotatable bonds is 1. The summed E-state index contributed by atoms with van der Waals surface area (Å²) in [5.74, 6) is 1.46. The number of hydrogen-bond donors (Lipinski definition) is 1. The van der Waals surface area contributed by atoms with Crippen LogP contribution in [0.15, 0.2) is 0 Å². The molecule has 0 saturated carbocycles. The minimum Gasteiger partial charge on any atom is -0.481 e. The Morgan fingerprint density at radius 3 is 2.56 bits per heavy atom. The van der Waals surface area contributed by atoms with E-state index in [1.807, 2.05) is 6.92 Å². The molecule has 0 aliphatic carbocycles. The maximum Gasteiger partial charge on any atom is 0.307 e. The Morgan fingerprint density at radius 2 is 2.33 bits per heavy atom. The SMILES string of the molecule is CC1CSCC1C(=O)O. The van der Waals surface area contributed by atoms with Gasteiger partial charge in [-0.05, 0) is 11.7 Å². The van der Waals surface area contributed by atoms with Crippen LogP contribution in [0.5, 0.6) is 0 Å². The maximum absolute atomic E-state index is 10.4. The summed E-state index contributed by atoms with van der Waals surface area (Å²) >= 11 is 1.74. The average molecular weight is 146 g/mol. The van der Waals surface area contributed by atoms with E-state index >= 15 is 0 Å². The second-order valence-corrected chi connectivity index (χ2v) is 3.53. The zero-order chi connectivity index (χ0) is 6.85. The van der Waals surface area contributed by atoms with Crippen LogP contribution < -0.4 is 0 Å². The molecule has 1 rings (SSSR count).